The average molecular weight is 233 g/mol. The molecule has 3 rings (SSSR count). The van der Waals surface area contributed by atoms with E-state index in [0.29, 0.717) is 5.92 Å². The Morgan fingerprint density at radius 3 is 2.94 bits per heavy atom. The zero-order valence-electron chi connectivity index (χ0n) is 10.7. The lowest BCUT2D eigenvalue weighted by atomic mass is 9.82. The lowest BCUT2D eigenvalue weighted by molar-refractivity contribution is -0.0871. The van der Waals surface area contributed by atoms with E-state index in [1.807, 2.05) is 0 Å². The Morgan fingerprint density at radius 2 is 2.06 bits per heavy atom. The lowest BCUT2D eigenvalue weighted by Gasteiger charge is -2.38. The quantitative estimate of drug-likeness (QED) is 0.674. The maximum absolute atomic E-state index is 6.10. The van der Waals surface area contributed by atoms with Gasteiger partial charge in [0.2, 0.25) is 0 Å². The predicted molar refractivity (Wildman–Crippen MR) is 70.3 cm³/mol. The van der Waals surface area contributed by atoms with Gasteiger partial charge in [-0.15, -0.1) is 0 Å². The standard InChI is InChI=1S/C15H23NO/c1-2-6-14(16-10-5-1)13-7-11-17-15(12-13)8-3-4-9-15/h6,10,13H,1-5,7-9,11-12H2. The lowest BCUT2D eigenvalue weighted by Crippen LogP contribution is -2.37. The molecule has 3 aliphatic rings. The molecule has 2 heteroatoms. The van der Waals surface area contributed by atoms with Gasteiger partial charge in [-0.25, -0.2) is 0 Å². The van der Waals surface area contributed by atoms with Crippen molar-refractivity contribution in [3.05, 3.63) is 11.8 Å². The SMILES string of the molecule is C1=NC(C2CCOC3(CCCC3)C2)=CCCC1. The van der Waals surface area contributed by atoms with Crippen molar-refractivity contribution in [3.8, 4) is 0 Å². The van der Waals surface area contributed by atoms with Crippen molar-refractivity contribution in [1.82, 2.24) is 0 Å². The van der Waals surface area contributed by atoms with Crippen LogP contribution < -0.4 is 0 Å². The predicted octanol–water partition coefficient (Wildman–Crippen LogP) is 3.86. The minimum atomic E-state index is 0.228. The fourth-order valence-corrected chi connectivity index (χ4v) is 3.60. The highest BCUT2D eigenvalue weighted by molar-refractivity contribution is 5.59. The third-order valence-corrected chi connectivity index (χ3v) is 4.56. The van der Waals surface area contributed by atoms with Gasteiger partial charge < -0.3 is 4.74 Å². The molecule has 0 N–H and O–H groups in total. The summed E-state index contributed by atoms with van der Waals surface area (Å²) in [6, 6.07) is 0. The number of allylic oxidation sites excluding steroid dienone is 2. The number of ether oxygens (including phenoxy) is 1. The highest BCUT2D eigenvalue weighted by atomic mass is 16.5. The Labute approximate surface area is 104 Å². The van der Waals surface area contributed by atoms with Crippen molar-refractivity contribution >= 4 is 6.21 Å². The molecule has 0 aromatic rings. The molecule has 17 heavy (non-hydrogen) atoms. The zero-order chi connectivity index (χ0) is 11.6. The average Bonchev–Trinajstić information content (AvgIpc) is 2.66. The molecule has 0 bridgehead atoms. The molecule has 1 unspecified atom stereocenters. The third-order valence-electron chi connectivity index (χ3n) is 4.56. The van der Waals surface area contributed by atoms with Crippen LogP contribution in [0.5, 0.6) is 0 Å². The highest BCUT2D eigenvalue weighted by Gasteiger charge is 2.40. The van der Waals surface area contributed by atoms with E-state index in [9.17, 15) is 0 Å². The summed E-state index contributed by atoms with van der Waals surface area (Å²) >= 11 is 0. The summed E-state index contributed by atoms with van der Waals surface area (Å²) in [7, 11) is 0. The van der Waals surface area contributed by atoms with Gasteiger partial charge in [0.05, 0.1) is 5.60 Å². The molecule has 2 heterocycles. The smallest absolute Gasteiger partial charge is 0.0689 e. The number of hydrogen-bond acceptors (Lipinski definition) is 2. The first-order valence-electron chi connectivity index (χ1n) is 7.25. The summed E-state index contributed by atoms with van der Waals surface area (Å²) < 4.78 is 6.10. The maximum atomic E-state index is 6.10. The summed E-state index contributed by atoms with van der Waals surface area (Å²) in [4.78, 5) is 4.68. The molecular weight excluding hydrogens is 210 g/mol. The summed E-state index contributed by atoms with van der Waals surface area (Å²) in [5.41, 5.74) is 1.59. The molecule has 1 spiro atoms. The Bertz CT molecular complexity index is 326. The van der Waals surface area contributed by atoms with E-state index in [1.54, 1.807) is 0 Å². The molecule has 1 saturated heterocycles. The summed E-state index contributed by atoms with van der Waals surface area (Å²) in [5.74, 6) is 0.663. The van der Waals surface area contributed by atoms with E-state index in [4.69, 9.17) is 4.74 Å². The number of aliphatic imine (C=N–C) groups is 1. The zero-order valence-corrected chi connectivity index (χ0v) is 10.7. The molecule has 0 aromatic carbocycles. The van der Waals surface area contributed by atoms with Crippen LogP contribution in [0.3, 0.4) is 0 Å². The van der Waals surface area contributed by atoms with E-state index < -0.39 is 0 Å². The summed E-state index contributed by atoms with van der Waals surface area (Å²) in [6.07, 6.45) is 15.8. The second-order valence-corrected chi connectivity index (χ2v) is 5.80. The number of nitrogens with zero attached hydrogens (tertiary/aromatic N) is 1. The molecular formula is C15H23NO. The van der Waals surface area contributed by atoms with Crippen LogP contribution in [-0.4, -0.2) is 18.4 Å². The van der Waals surface area contributed by atoms with Gasteiger partial charge >= 0.3 is 0 Å². The largest absolute Gasteiger partial charge is 0.375 e. The maximum Gasteiger partial charge on any atom is 0.0689 e. The minimum Gasteiger partial charge on any atom is -0.375 e. The van der Waals surface area contributed by atoms with Crippen molar-refractivity contribution in [2.24, 2.45) is 10.9 Å². The normalized spacial score (nSPS) is 32.5. The van der Waals surface area contributed by atoms with Gasteiger partial charge in [-0.05, 0) is 44.9 Å². The fourth-order valence-electron chi connectivity index (χ4n) is 3.60. The van der Waals surface area contributed by atoms with Crippen LogP contribution in [0.25, 0.3) is 0 Å². The van der Waals surface area contributed by atoms with Crippen molar-refractivity contribution < 1.29 is 4.74 Å². The van der Waals surface area contributed by atoms with Crippen LogP contribution >= 0.6 is 0 Å². The molecule has 0 radical (unpaired) electrons. The molecule has 1 aliphatic carbocycles. The van der Waals surface area contributed by atoms with Gasteiger partial charge in [0.15, 0.2) is 0 Å². The summed E-state index contributed by atoms with van der Waals surface area (Å²) in [5, 5.41) is 0. The van der Waals surface area contributed by atoms with Gasteiger partial charge in [0.1, 0.15) is 0 Å². The van der Waals surface area contributed by atoms with Crippen LogP contribution in [0.4, 0.5) is 0 Å². The van der Waals surface area contributed by atoms with Crippen LogP contribution in [0.1, 0.15) is 57.8 Å². The molecule has 94 valence electrons. The minimum absolute atomic E-state index is 0.228. The summed E-state index contributed by atoms with van der Waals surface area (Å²) in [6.45, 7) is 0.942. The second kappa shape index (κ2) is 4.93. The Balaban J connectivity index is 1.72. The van der Waals surface area contributed by atoms with Gasteiger partial charge in [-0.2, -0.15) is 0 Å². The van der Waals surface area contributed by atoms with E-state index >= 15 is 0 Å². The molecule has 2 aliphatic heterocycles. The van der Waals surface area contributed by atoms with Crippen molar-refractivity contribution in [1.29, 1.82) is 0 Å². The van der Waals surface area contributed by atoms with Crippen molar-refractivity contribution in [3.63, 3.8) is 0 Å². The molecule has 1 atom stereocenters. The molecule has 0 amide bonds. The number of hydrogen-bond donors (Lipinski definition) is 0. The number of rotatable bonds is 1. The van der Waals surface area contributed by atoms with Crippen LogP contribution in [0.15, 0.2) is 16.8 Å². The fraction of sp³-hybridized carbons (Fsp3) is 0.800. The highest BCUT2D eigenvalue weighted by Crippen LogP contribution is 2.44. The first-order valence-corrected chi connectivity index (χ1v) is 7.25. The van der Waals surface area contributed by atoms with Crippen molar-refractivity contribution in [2.45, 2.75) is 63.4 Å². The van der Waals surface area contributed by atoms with E-state index in [2.05, 4.69) is 17.3 Å². The van der Waals surface area contributed by atoms with Crippen LogP contribution in [0.2, 0.25) is 0 Å². The van der Waals surface area contributed by atoms with Gasteiger partial charge in [0, 0.05) is 24.4 Å². The van der Waals surface area contributed by atoms with Crippen molar-refractivity contribution in [2.75, 3.05) is 6.61 Å². The Kier molecular flexibility index (Phi) is 3.32. The molecule has 0 aromatic heterocycles. The monoisotopic (exact) mass is 233 g/mol. The second-order valence-electron chi connectivity index (χ2n) is 5.80. The molecule has 1 saturated carbocycles. The van der Waals surface area contributed by atoms with Gasteiger partial charge in [0.25, 0.3) is 0 Å². The first-order chi connectivity index (χ1) is 8.38. The Morgan fingerprint density at radius 1 is 1.18 bits per heavy atom. The topological polar surface area (TPSA) is 21.6 Å². The van der Waals surface area contributed by atoms with Crippen LogP contribution in [-0.2, 0) is 4.74 Å². The molecule has 2 fully saturated rings. The third kappa shape index (κ3) is 2.47. The Hall–Kier alpha value is -0.630. The van der Waals surface area contributed by atoms with Gasteiger partial charge in [-0.1, -0.05) is 18.9 Å². The van der Waals surface area contributed by atoms with E-state index in [1.165, 1.54) is 57.1 Å². The van der Waals surface area contributed by atoms with E-state index in [0.717, 1.165) is 13.0 Å². The van der Waals surface area contributed by atoms with Gasteiger partial charge in [-0.3, -0.25) is 4.99 Å². The molecule has 2 nitrogen and oxygen atoms in total. The first kappa shape index (κ1) is 11.5. The van der Waals surface area contributed by atoms with E-state index in [-0.39, 0.29) is 5.60 Å². The van der Waals surface area contributed by atoms with Crippen LogP contribution in [0, 0.1) is 5.92 Å².